The Morgan fingerprint density at radius 2 is 1.19 bits per heavy atom. The van der Waals surface area contributed by atoms with Crippen LogP contribution in [-0.2, 0) is 11.0 Å². The van der Waals surface area contributed by atoms with E-state index >= 15 is 0 Å². The van der Waals surface area contributed by atoms with Crippen LogP contribution in [0.25, 0.3) is 0 Å². The molecule has 0 spiro atoms. The van der Waals surface area contributed by atoms with Gasteiger partial charge < -0.3 is 4.43 Å². The molecule has 0 aliphatic rings. The van der Waals surface area contributed by atoms with Gasteiger partial charge in [0.05, 0.1) is 6.61 Å². The molecule has 3 heteroatoms. The lowest BCUT2D eigenvalue weighted by atomic mass is 10.2. The van der Waals surface area contributed by atoms with Crippen molar-refractivity contribution in [2.24, 2.45) is 0 Å². The van der Waals surface area contributed by atoms with Crippen molar-refractivity contribution in [2.45, 2.75) is 32.4 Å². The van der Waals surface area contributed by atoms with Gasteiger partial charge in [0.15, 0.2) is 0 Å². The average Bonchev–Trinajstić information content (AvgIpc) is 2.64. The lowest BCUT2D eigenvalue weighted by Gasteiger charge is -2.43. The SMILES string of the molecule is CC(C)(C)[Si](OCc1ccc(I)cc1)(c1ccccc1)c1ccccc1. The Kier molecular flexibility index (Phi) is 6.00. The summed E-state index contributed by atoms with van der Waals surface area (Å²) in [5.41, 5.74) is 1.22. The van der Waals surface area contributed by atoms with Gasteiger partial charge in [-0.1, -0.05) is 93.6 Å². The molecule has 0 heterocycles. The number of hydrogen-bond acceptors (Lipinski definition) is 1. The Bertz CT molecular complexity index is 784. The molecule has 0 atom stereocenters. The molecule has 134 valence electrons. The Morgan fingerprint density at radius 3 is 1.62 bits per heavy atom. The zero-order valence-electron chi connectivity index (χ0n) is 15.6. The third-order valence-corrected chi connectivity index (χ3v) is 10.5. The van der Waals surface area contributed by atoms with Gasteiger partial charge in [-0.25, -0.2) is 0 Å². The first-order valence-electron chi connectivity index (χ1n) is 8.93. The molecule has 0 radical (unpaired) electrons. The highest BCUT2D eigenvalue weighted by molar-refractivity contribution is 14.1. The smallest absolute Gasteiger partial charge is 0.261 e. The van der Waals surface area contributed by atoms with Crippen molar-refractivity contribution in [1.29, 1.82) is 0 Å². The molecule has 0 bridgehead atoms. The minimum Gasteiger partial charge on any atom is -0.403 e. The van der Waals surface area contributed by atoms with Gasteiger partial charge in [0, 0.05) is 3.57 Å². The monoisotopic (exact) mass is 472 g/mol. The molecule has 0 amide bonds. The molecule has 1 nitrogen and oxygen atoms in total. The standard InChI is InChI=1S/C23H25IOSi/c1-23(2,3)26(21-10-6-4-7-11-21,22-12-8-5-9-13-22)25-18-19-14-16-20(24)17-15-19/h4-17H,18H2,1-3H3. The largest absolute Gasteiger partial charge is 0.403 e. The molecule has 3 aromatic rings. The van der Waals surface area contributed by atoms with Gasteiger partial charge in [-0.2, -0.15) is 0 Å². The molecule has 26 heavy (non-hydrogen) atoms. The molecule has 3 rings (SSSR count). The average molecular weight is 472 g/mol. The summed E-state index contributed by atoms with van der Waals surface area (Å²) >= 11 is 2.34. The van der Waals surface area contributed by atoms with Gasteiger partial charge in [-0.15, -0.1) is 0 Å². The van der Waals surface area contributed by atoms with Gasteiger partial charge in [0.25, 0.3) is 8.32 Å². The summed E-state index contributed by atoms with van der Waals surface area (Å²) in [7, 11) is -2.45. The van der Waals surface area contributed by atoms with E-state index in [-0.39, 0.29) is 5.04 Å². The number of benzene rings is 3. The summed E-state index contributed by atoms with van der Waals surface area (Å²) in [5.74, 6) is 0. The van der Waals surface area contributed by atoms with E-state index in [4.69, 9.17) is 4.43 Å². The summed E-state index contributed by atoms with van der Waals surface area (Å²) in [6, 6.07) is 30.2. The Morgan fingerprint density at radius 1 is 0.731 bits per heavy atom. The highest BCUT2D eigenvalue weighted by Gasteiger charge is 2.50. The van der Waals surface area contributed by atoms with Crippen LogP contribution in [0.2, 0.25) is 5.04 Å². The lowest BCUT2D eigenvalue weighted by molar-refractivity contribution is 0.286. The Balaban J connectivity index is 2.09. The second-order valence-corrected chi connectivity index (χ2v) is 13.1. The van der Waals surface area contributed by atoms with E-state index in [1.165, 1.54) is 19.5 Å². The third-order valence-electron chi connectivity index (χ3n) is 4.79. The first kappa shape index (κ1) is 19.3. The van der Waals surface area contributed by atoms with Gasteiger partial charge in [0.2, 0.25) is 0 Å². The van der Waals surface area contributed by atoms with E-state index in [0.717, 1.165) is 0 Å². The molecule has 0 fully saturated rings. The van der Waals surface area contributed by atoms with Crippen molar-refractivity contribution in [3.8, 4) is 0 Å². The maximum absolute atomic E-state index is 6.93. The maximum atomic E-state index is 6.93. The third kappa shape index (κ3) is 3.95. The lowest BCUT2D eigenvalue weighted by Crippen LogP contribution is -2.66. The van der Waals surface area contributed by atoms with Crippen LogP contribution in [-0.4, -0.2) is 8.32 Å². The van der Waals surface area contributed by atoms with Crippen molar-refractivity contribution in [3.63, 3.8) is 0 Å². The van der Waals surface area contributed by atoms with Crippen LogP contribution in [0.5, 0.6) is 0 Å². The summed E-state index contributed by atoms with van der Waals surface area (Å²) < 4.78 is 8.18. The van der Waals surface area contributed by atoms with Crippen LogP contribution in [0.3, 0.4) is 0 Å². The first-order chi connectivity index (χ1) is 12.4. The maximum Gasteiger partial charge on any atom is 0.261 e. The topological polar surface area (TPSA) is 9.23 Å². The molecular formula is C23H25IOSi. The number of halogens is 1. The quantitative estimate of drug-likeness (QED) is 0.359. The first-order valence-corrected chi connectivity index (χ1v) is 11.9. The van der Waals surface area contributed by atoms with E-state index < -0.39 is 8.32 Å². The molecule has 3 aromatic carbocycles. The van der Waals surface area contributed by atoms with E-state index in [1.807, 2.05) is 0 Å². The second kappa shape index (κ2) is 8.07. The fraction of sp³-hybridized carbons (Fsp3) is 0.217. The van der Waals surface area contributed by atoms with Crippen molar-refractivity contribution in [3.05, 3.63) is 94.1 Å². The van der Waals surface area contributed by atoms with Crippen LogP contribution in [0.4, 0.5) is 0 Å². The zero-order chi connectivity index (χ0) is 18.6. The Labute approximate surface area is 171 Å². The van der Waals surface area contributed by atoms with Crippen LogP contribution < -0.4 is 10.4 Å². The zero-order valence-corrected chi connectivity index (χ0v) is 18.7. The fourth-order valence-electron chi connectivity index (χ4n) is 3.53. The van der Waals surface area contributed by atoms with Gasteiger partial charge in [-0.05, 0) is 55.7 Å². The highest BCUT2D eigenvalue weighted by Crippen LogP contribution is 2.37. The van der Waals surface area contributed by atoms with Crippen LogP contribution in [0.1, 0.15) is 26.3 Å². The van der Waals surface area contributed by atoms with Crippen molar-refractivity contribution in [2.75, 3.05) is 0 Å². The molecule has 0 aromatic heterocycles. The van der Waals surface area contributed by atoms with Gasteiger partial charge in [0.1, 0.15) is 0 Å². The molecular weight excluding hydrogens is 447 g/mol. The van der Waals surface area contributed by atoms with Crippen molar-refractivity contribution < 1.29 is 4.43 Å². The predicted molar refractivity (Wildman–Crippen MR) is 122 cm³/mol. The molecule has 0 aliphatic heterocycles. The van der Waals surface area contributed by atoms with Crippen LogP contribution in [0.15, 0.2) is 84.9 Å². The van der Waals surface area contributed by atoms with Gasteiger partial charge >= 0.3 is 0 Å². The summed E-state index contributed by atoms with van der Waals surface area (Å²) in [6.45, 7) is 7.57. The number of rotatable bonds is 5. The normalized spacial score (nSPS) is 12.2. The number of hydrogen-bond donors (Lipinski definition) is 0. The predicted octanol–water partition coefficient (Wildman–Crippen LogP) is 5.37. The van der Waals surface area contributed by atoms with Crippen molar-refractivity contribution >= 4 is 41.3 Å². The van der Waals surface area contributed by atoms with Crippen molar-refractivity contribution in [1.82, 2.24) is 0 Å². The minimum atomic E-state index is -2.45. The molecule has 0 saturated heterocycles. The van der Waals surface area contributed by atoms with Crippen LogP contribution >= 0.6 is 22.6 Å². The van der Waals surface area contributed by atoms with E-state index in [0.29, 0.717) is 6.61 Å². The van der Waals surface area contributed by atoms with Crippen LogP contribution in [0, 0.1) is 3.57 Å². The van der Waals surface area contributed by atoms with E-state index in [9.17, 15) is 0 Å². The van der Waals surface area contributed by atoms with E-state index in [1.54, 1.807) is 0 Å². The summed E-state index contributed by atoms with van der Waals surface area (Å²) in [5, 5.41) is 2.66. The fourth-order valence-corrected chi connectivity index (χ4v) is 8.43. The molecule has 0 unspecified atom stereocenters. The summed E-state index contributed by atoms with van der Waals surface area (Å²) in [6.07, 6.45) is 0. The molecule has 0 saturated carbocycles. The molecule has 0 N–H and O–H groups in total. The van der Waals surface area contributed by atoms with E-state index in [2.05, 4.69) is 128 Å². The second-order valence-electron chi connectivity index (χ2n) is 7.58. The Hall–Kier alpha value is -1.43. The highest BCUT2D eigenvalue weighted by atomic mass is 127. The van der Waals surface area contributed by atoms with Gasteiger partial charge in [-0.3, -0.25) is 0 Å². The summed E-state index contributed by atoms with van der Waals surface area (Å²) in [4.78, 5) is 0. The molecule has 0 aliphatic carbocycles. The minimum absolute atomic E-state index is 0.0128.